The van der Waals surface area contributed by atoms with Gasteiger partial charge in [-0.05, 0) is 36.5 Å². The number of hydrogen-bond acceptors (Lipinski definition) is 0. The van der Waals surface area contributed by atoms with E-state index in [1.165, 1.54) is 32.1 Å². The third-order valence-electron chi connectivity index (χ3n) is 4.05. The van der Waals surface area contributed by atoms with E-state index in [4.69, 9.17) is 0 Å². The number of rotatable bonds is 2. The molecule has 1 atom stereocenters. The van der Waals surface area contributed by atoms with Crippen LogP contribution >= 0.6 is 0 Å². The van der Waals surface area contributed by atoms with Crippen LogP contribution < -0.4 is 0 Å². The molecule has 2 saturated carbocycles. The van der Waals surface area contributed by atoms with Crippen LogP contribution in [0.5, 0.6) is 0 Å². The molecule has 0 aromatic carbocycles. The second kappa shape index (κ2) is 2.80. The van der Waals surface area contributed by atoms with Gasteiger partial charge in [0.25, 0.3) is 0 Å². The predicted octanol–water partition coefficient (Wildman–Crippen LogP) is 3.47. The Morgan fingerprint density at radius 2 is 1.73 bits per heavy atom. The van der Waals surface area contributed by atoms with E-state index in [9.17, 15) is 0 Å². The Balaban J connectivity index is 1.76. The van der Waals surface area contributed by atoms with Crippen LogP contribution in [-0.2, 0) is 0 Å². The summed E-state index contributed by atoms with van der Waals surface area (Å²) < 4.78 is 0. The normalized spacial score (nSPS) is 40.9. The van der Waals surface area contributed by atoms with Crippen LogP contribution in [0.15, 0.2) is 0 Å². The summed E-state index contributed by atoms with van der Waals surface area (Å²) in [5.74, 6) is 4.32. The van der Waals surface area contributed by atoms with Gasteiger partial charge in [-0.15, -0.1) is 0 Å². The maximum atomic E-state index is 2.49. The van der Waals surface area contributed by atoms with Gasteiger partial charge in [0, 0.05) is 0 Å². The second-order valence-electron chi connectivity index (χ2n) is 4.89. The summed E-state index contributed by atoms with van der Waals surface area (Å²) in [4.78, 5) is 0. The summed E-state index contributed by atoms with van der Waals surface area (Å²) >= 11 is 0. The molecule has 0 radical (unpaired) electrons. The Morgan fingerprint density at radius 1 is 1.09 bits per heavy atom. The van der Waals surface area contributed by atoms with E-state index in [1.54, 1.807) is 0 Å². The first-order chi connectivity index (χ1) is 5.27. The molecule has 64 valence electrons. The average Bonchev–Trinajstić information content (AvgIpc) is 1.76. The number of hydrogen-bond donors (Lipinski definition) is 0. The van der Waals surface area contributed by atoms with Crippen LogP contribution in [-0.4, -0.2) is 0 Å². The van der Waals surface area contributed by atoms with Crippen molar-refractivity contribution < 1.29 is 0 Å². The summed E-state index contributed by atoms with van der Waals surface area (Å²) in [5.41, 5.74) is 0. The summed E-state index contributed by atoms with van der Waals surface area (Å²) in [7, 11) is 0. The minimum absolute atomic E-state index is 1.04. The van der Waals surface area contributed by atoms with E-state index in [1.807, 2.05) is 0 Å². The molecule has 2 fully saturated rings. The zero-order valence-corrected chi connectivity index (χ0v) is 7.84. The highest BCUT2D eigenvalue weighted by atomic mass is 14.4. The van der Waals surface area contributed by atoms with Crippen LogP contribution in [0.2, 0.25) is 0 Å². The molecule has 0 aromatic rings. The van der Waals surface area contributed by atoms with Gasteiger partial charge < -0.3 is 0 Å². The molecule has 0 saturated heterocycles. The molecule has 0 heterocycles. The molecule has 0 bridgehead atoms. The fourth-order valence-electron chi connectivity index (χ4n) is 2.74. The van der Waals surface area contributed by atoms with Gasteiger partial charge in [0.15, 0.2) is 0 Å². The van der Waals surface area contributed by atoms with E-state index in [0.29, 0.717) is 0 Å². The van der Waals surface area contributed by atoms with Crippen molar-refractivity contribution in [1.29, 1.82) is 0 Å². The standard InChI is InChI=1S/C11H20/c1-8-6-11(7-8)9(2)10-4-3-5-10/h8-11H,3-7H2,1-2H3. The molecule has 11 heavy (non-hydrogen) atoms. The van der Waals surface area contributed by atoms with Crippen molar-refractivity contribution in [3.8, 4) is 0 Å². The van der Waals surface area contributed by atoms with Crippen LogP contribution in [0.1, 0.15) is 46.0 Å². The summed E-state index contributed by atoms with van der Waals surface area (Å²) in [6.07, 6.45) is 7.63. The van der Waals surface area contributed by atoms with Crippen molar-refractivity contribution in [2.45, 2.75) is 46.0 Å². The molecule has 2 aliphatic carbocycles. The average molecular weight is 152 g/mol. The SMILES string of the molecule is CC1CC(C(C)C2CCC2)C1. The van der Waals surface area contributed by atoms with E-state index in [-0.39, 0.29) is 0 Å². The maximum Gasteiger partial charge on any atom is -0.0381 e. The zero-order chi connectivity index (χ0) is 7.84. The predicted molar refractivity (Wildman–Crippen MR) is 48.4 cm³/mol. The Morgan fingerprint density at radius 3 is 2.09 bits per heavy atom. The van der Waals surface area contributed by atoms with Crippen molar-refractivity contribution in [3.63, 3.8) is 0 Å². The first kappa shape index (κ1) is 7.64. The van der Waals surface area contributed by atoms with E-state index >= 15 is 0 Å². The van der Waals surface area contributed by atoms with Crippen LogP contribution in [0, 0.1) is 23.7 Å². The van der Waals surface area contributed by atoms with Gasteiger partial charge in [-0.1, -0.05) is 33.1 Å². The smallest absolute Gasteiger partial charge is 0.0381 e. The quantitative estimate of drug-likeness (QED) is 0.568. The highest BCUT2D eigenvalue weighted by molar-refractivity contribution is 4.86. The first-order valence-electron chi connectivity index (χ1n) is 5.27. The molecule has 0 spiro atoms. The van der Waals surface area contributed by atoms with Gasteiger partial charge in [0.05, 0.1) is 0 Å². The molecule has 0 N–H and O–H groups in total. The Kier molecular flexibility index (Phi) is 1.95. The molecule has 1 unspecified atom stereocenters. The molecule has 0 aromatic heterocycles. The molecule has 0 nitrogen and oxygen atoms in total. The Bertz CT molecular complexity index is 129. The molecule has 0 amide bonds. The van der Waals surface area contributed by atoms with E-state index in [0.717, 1.165) is 23.7 Å². The van der Waals surface area contributed by atoms with Crippen LogP contribution in [0.4, 0.5) is 0 Å². The van der Waals surface area contributed by atoms with Crippen molar-refractivity contribution in [3.05, 3.63) is 0 Å². The molecular formula is C11H20. The minimum atomic E-state index is 1.04. The molecule has 0 heteroatoms. The fraction of sp³-hybridized carbons (Fsp3) is 1.00. The van der Waals surface area contributed by atoms with Crippen molar-refractivity contribution in [2.24, 2.45) is 23.7 Å². The molecule has 2 aliphatic rings. The first-order valence-corrected chi connectivity index (χ1v) is 5.27. The van der Waals surface area contributed by atoms with Crippen LogP contribution in [0.3, 0.4) is 0 Å². The fourth-order valence-corrected chi connectivity index (χ4v) is 2.74. The highest BCUT2D eigenvalue weighted by Crippen LogP contribution is 2.46. The van der Waals surface area contributed by atoms with Crippen molar-refractivity contribution in [2.75, 3.05) is 0 Å². The van der Waals surface area contributed by atoms with Gasteiger partial charge in [-0.25, -0.2) is 0 Å². The van der Waals surface area contributed by atoms with E-state index in [2.05, 4.69) is 13.8 Å². The second-order valence-corrected chi connectivity index (χ2v) is 4.89. The molecular weight excluding hydrogens is 132 g/mol. The highest BCUT2D eigenvalue weighted by Gasteiger charge is 2.35. The lowest BCUT2D eigenvalue weighted by Crippen LogP contribution is -2.33. The van der Waals surface area contributed by atoms with Gasteiger partial charge in [0.1, 0.15) is 0 Å². The third kappa shape index (κ3) is 1.32. The minimum Gasteiger partial charge on any atom is -0.0625 e. The summed E-state index contributed by atoms with van der Waals surface area (Å²) in [6, 6.07) is 0. The molecule has 0 aliphatic heterocycles. The largest absolute Gasteiger partial charge is 0.0625 e. The van der Waals surface area contributed by atoms with E-state index < -0.39 is 0 Å². The van der Waals surface area contributed by atoms with Crippen molar-refractivity contribution in [1.82, 2.24) is 0 Å². The van der Waals surface area contributed by atoms with Gasteiger partial charge in [-0.3, -0.25) is 0 Å². The zero-order valence-electron chi connectivity index (χ0n) is 7.84. The third-order valence-corrected chi connectivity index (χ3v) is 4.05. The summed E-state index contributed by atoms with van der Waals surface area (Å²) in [6.45, 7) is 4.88. The van der Waals surface area contributed by atoms with Crippen LogP contribution in [0.25, 0.3) is 0 Å². The Hall–Kier alpha value is 0. The molecule has 2 rings (SSSR count). The van der Waals surface area contributed by atoms with Gasteiger partial charge in [0.2, 0.25) is 0 Å². The maximum absolute atomic E-state index is 2.49. The topological polar surface area (TPSA) is 0 Å². The lowest BCUT2D eigenvalue weighted by Gasteiger charge is -2.43. The summed E-state index contributed by atoms with van der Waals surface area (Å²) in [5, 5.41) is 0. The van der Waals surface area contributed by atoms with Gasteiger partial charge in [-0.2, -0.15) is 0 Å². The van der Waals surface area contributed by atoms with Gasteiger partial charge >= 0.3 is 0 Å². The Labute approximate surface area is 70.4 Å². The lowest BCUT2D eigenvalue weighted by atomic mass is 9.62. The van der Waals surface area contributed by atoms with Crippen molar-refractivity contribution >= 4 is 0 Å². The monoisotopic (exact) mass is 152 g/mol. The lowest BCUT2D eigenvalue weighted by molar-refractivity contribution is 0.0714.